The van der Waals surface area contributed by atoms with Crippen molar-refractivity contribution in [2.75, 3.05) is 37.6 Å². The van der Waals surface area contributed by atoms with Crippen molar-refractivity contribution >= 4 is 22.4 Å². The number of carbonyl (C=O) groups excluding carboxylic acids is 1. The minimum absolute atomic E-state index is 0.156. The number of hydrogen-bond donors (Lipinski definition) is 1. The summed E-state index contributed by atoms with van der Waals surface area (Å²) in [4.78, 5) is 21.5. The second-order valence-electron chi connectivity index (χ2n) is 4.45. The molecule has 1 heterocycles. The van der Waals surface area contributed by atoms with E-state index in [2.05, 4.69) is 29.0 Å². The summed E-state index contributed by atoms with van der Waals surface area (Å²) >= 11 is 1.69. The Morgan fingerprint density at radius 2 is 1.85 bits per heavy atom. The molecule has 1 N–H and O–H groups in total. The molecular weight excluding hydrogens is 272 g/mol. The van der Waals surface area contributed by atoms with Gasteiger partial charge in [0.15, 0.2) is 5.13 Å². The Morgan fingerprint density at radius 1 is 1.20 bits per heavy atom. The molecule has 0 unspecified atom stereocenters. The van der Waals surface area contributed by atoms with E-state index < -0.39 is 0 Å². The van der Waals surface area contributed by atoms with Crippen molar-refractivity contribution in [3.8, 4) is 0 Å². The highest BCUT2D eigenvalue weighted by atomic mass is 32.1. The Balaban J connectivity index is 2.41. The Morgan fingerprint density at radius 3 is 2.40 bits per heavy atom. The number of aromatic nitrogens is 1. The summed E-state index contributed by atoms with van der Waals surface area (Å²) in [6.45, 7) is 12.8. The molecule has 0 atom stereocenters. The molecule has 1 aromatic rings. The molecule has 0 aliphatic carbocycles. The number of carbonyl (C=O) groups is 1. The molecule has 5 nitrogen and oxygen atoms in total. The summed E-state index contributed by atoms with van der Waals surface area (Å²) in [7, 11) is 0. The number of rotatable bonds is 9. The molecule has 20 heavy (non-hydrogen) atoms. The third-order valence-electron chi connectivity index (χ3n) is 3.27. The van der Waals surface area contributed by atoms with E-state index in [9.17, 15) is 4.79 Å². The molecule has 1 aromatic heterocycles. The number of hydrogen-bond acceptors (Lipinski definition) is 5. The van der Waals surface area contributed by atoms with Gasteiger partial charge in [-0.05, 0) is 27.7 Å². The van der Waals surface area contributed by atoms with Gasteiger partial charge in [-0.2, -0.15) is 0 Å². The van der Waals surface area contributed by atoms with Crippen molar-refractivity contribution in [2.45, 2.75) is 34.2 Å². The number of anilines is 1. The van der Waals surface area contributed by atoms with Crippen LogP contribution in [0.3, 0.4) is 0 Å². The molecular formula is C14H26N4OS. The lowest BCUT2D eigenvalue weighted by molar-refractivity contribution is -0.129. The first kappa shape index (κ1) is 16.9. The smallest absolute Gasteiger partial charge is 0.236 e. The maximum Gasteiger partial charge on any atom is 0.236 e. The molecule has 0 aliphatic heterocycles. The number of likely N-dealkylation sites (N-methyl/N-ethyl adjacent to an activating group) is 1. The summed E-state index contributed by atoms with van der Waals surface area (Å²) in [6.07, 6.45) is 1.90. The summed E-state index contributed by atoms with van der Waals surface area (Å²) in [6, 6.07) is 0. The van der Waals surface area contributed by atoms with Gasteiger partial charge in [0.25, 0.3) is 0 Å². The summed E-state index contributed by atoms with van der Waals surface area (Å²) in [5.41, 5.74) is 0. The van der Waals surface area contributed by atoms with Crippen LogP contribution >= 0.6 is 11.3 Å². The minimum Gasteiger partial charge on any atom is -0.349 e. The van der Waals surface area contributed by atoms with Crippen LogP contribution in [-0.4, -0.2) is 48.5 Å². The second-order valence-corrected chi connectivity index (χ2v) is 5.54. The summed E-state index contributed by atoms with van der Waals surface area (Å²) in [5.74, 6) is 0.156. The number of nitrogens with zero attached hydrogens (tertiary/aromatic N) is 3. The Bertz CT molecular complexity index is 400. The average molecular weight is 298 g/mol. The highest BCUT2D eigenvalue weighted by Crippen LogP contribution is 2.21. The van der Waals surface area contributed by atoms with Gasteiger partial charge in [-0.3, -0.25) is 4.79 Å². The third kappa shape index (κ3) is 4.76. The fourth-order valence-electron chi connectivity index (χ4n) is 2.00. The van der Waals surface area contributed by atoms with Crippen LogP contribution in [0.15, 0.2) is 6.20 Å². The van der Waals surface area contributed by atoms with Gasteiger partial charge in [0.05, 0.1) is 6.54 Å². The van der Waals surface area contributed by atoms with Crippen LogP contribution in [0.5, 0.6) is 0 Å². The summed E-state index contributed by atoms with van der Waals surface area (Å²) < 4.78 is 0. The predicted octanol–water partition coefficient (Wildman–Crippen LogP) is 1.95. The van der Waals surface area contributed by atoms with Gasteiger partial charge >= 0.3 is 0 Å². The van der Waals surface area contributed by atoms with E-state index in [1.807, 2.05) is 24.9 Å². The molecule has 1 rings (SSSR count). The van der Waals surface area contributed by atoms with Crippen LogP contribution in [0.25, 0.3) is 0 Å². The van der Waals surface area contributed by atoms with Gasteiger partial charge in [-0.1, -0.05) is 0 Å². The van der Waals surface area contributed by atoms with Crippen molar-refractivity contribution in [3.63, 3.8) is 0 Å². The highest BCUT2D eigenvalue weighted by Gasteiger charge is 2.10. The highest BCUT2D eigenvalue weighted by molar-refractivity contribution is 7.15. The van der Waals surface area contributed by atoms with Crippen molar-refractivity contribution in [1.82, 2.24) is 15.2 Å². The molecule has 0 bridgehead atoms. The third-order valence-corrected chi connectivity index (χ3v) is 4.33. The molecule has 114 valence electrons. The van der Waals surface area contributed by atoms with E-state index in [4.69, 9.17) is 0 Å². The van der Waals surface area contributed by atoms with Gasteiger partial charge in [0, 0.05) is 43.8 Å². The lowest BCUT2D eigenvalue weighted by Crippen LogP contribution is -2.37. The SMILES string of the molecule is CCN(CC)C(=O)CNCc1cnc(N(CC)CC)s1. The molecule has 0 aliphatic rings. The Kier molecular flexibility index (Phi) is 7.54. The minimum atomic E-state index is 0.156. The van der Waals surface area contributed by atoms with Crippen LogP contribution in [0.4, 0.5) is 5.13 Å². The maximum atomic E-state index is 11.8. The standard InChI is InChI=1S/C14H26N4OS/c1-5-17(6-2)13(19)11-15-9-12-10-16-14(20-12)18(7-3)8-4/h10,15H,5-9,11H2,1-4H3. The van der Waals surface area contributed by atoms with Crippen LogP contribution in [0.1, 0.15) is 32.6 Å². The largest absolute Gasteiger partial charge is 0.349 e. The van der Waals surface area contributed by atoms with Crippen LogP contribution in [0, 0.1) is 0 Å². The van der Waals surface area contributed by atoms with Crippen LogP contribution in [-0.2, 0) is 11.3 Å². The van der Waals surface area contributed by atoms with E-state index in [1.165, 1.54) is 4.88 Å². The molecule has 6 heteroatoms. The Labute approximate surface area is 126 Å². The number of thiazole rings is 1. The van der Waals surface area contributed by atoms with Crippen molar-refractivity contribution in [3.05, 3.63) is 11.1 Å². The van der Waals surface area contributed by atoms with Crippen molar-refractivity contribution < 1.29 is 4.79 Å². The van der Waals surface area contributed by atoms with E-state index in [0.717, 1.165) is 31.3 Å². The fraction of sp³-hybridized carbons (Fsp3) is 0.714. The normalized spacial score (nSPS) is 10.6. The van der Waals surface area contributed by atoms with E-state index in [-0.39, 0.29) is 5.91 Å². The second kappa shape index (κ2) is 8.92. The van der Waals surface area contributed by atoms with Crippen molar-refractivity contribution in [2.24, 2.45) is 0 Å². The molecule has 0 fully saturated rings. The number of amides is 1. The first-order valence-electron chi connectivity index (χ1n) is 7.34. The lowest BCUT2D eigenvalue weighted by atomic mass is 10.4. The quantitative estimate of drug-likeness (QED) is 0.757. The zero-order valence-corrected chi connectivity index (χ0v) is 13.8. The van der Waals surface area contributed by atoms with E-state index in [0.29, 0.717) is 13.1 Å². The van der Waals surface area contributed by atoms with Crippen LogP contribution < -0.4 is 10.2 Å². The Hall–Kier alpha value is -1.14. The van der Waals surface area contributed by atoms with Gasteiger partial charge < -0.3 is 15.1 Å². The topological polar surface area (TPSA) is 48.5 Å². The zero-order valence-electron chi connectivity index (χ0n) is 13.0. The van der Waals surface area contributed by atoms with Gasteiger partial charge in [0.1, 0.15) is 0 Å². The first-order valence-corrected chi connectivity index (χ1v) is 8.15. The van der Waals surface area contributed by atoms with Gasteiger partial charge in [-0.25, -0.2) is 4.98 Å². The fourth-order valence-corrected chi connectivity index (χ4v) is 3.01. The van der Waals surface area contributed by atoms with Crippen LogP contribution in [0.2, 0.25) is 0 Å². The average Bonchev–Trinajstić information content (AvgIpc) is 2.90. The first-order chi connectivity index (χ1) is 9.65. The molecule has 0 saturated heterocycles. The predicted molar refractivity (Wildman–Crippen MR) is 85.3 cm³/mol. The van der Waals surface area contributed by atoms with Gasteiger partial charge in [-0.15, -0.1) is 11.3 Å². The van der Waals surface area contributed by atoms with E-state index in [1.54, 1.807) is 11.3 Å². The molecule has 1 amide bonds. The molecule has 0 aromatic carbocycles. The van der Waals surface area contributed by atoms with E-state index >= 15 is 0 Å². The maximum absolute atomic E-state index is 11.8. The molecule has 0 radical (unpaired) electrons. The number of nitrogens with one attached hydrogen (secondary N) is 1. The summed E-state index contributed by atoms with van der Waals surface area (Å²) in [5, 5.41) is 4.26. The lowest BCUT2D eigenvalue weighted by Gasteiger charge is -2.18. The molecule has 0 spiro atoms. The monoisotopic (exact) mass is 298 g/mol. The van der Waals surface area contributed by atoms with Gasteiger partial charge in [0.2, 0.25) is 5.91 Å². The van der Waals surface area contributed by atoms with Crippen molar-refractivity contribution in [1.29, 1.82) is 0 Å². The molecule has 0 saturated carbocycles. The zero-order chi connectivity index (χ0) is 15.0.